The van der Waals surface area contributed by atoms with Crippen molar-refractivity contribution in [1.29, 1.82) is 0 Å². The largest absolute Gasteiger partial charge is 0.149 e. The molecule has 1 heterocycles. The Kier molecular flexibility index (Phi) is 2.36. The first-order chi connectivity index (χ1) is 6.36. The maximum Gasteiger partial charge on any atom is 0.128 e. The van der Waals surface area contributed by atoms with Crippen LogP contribution < -0.4 is 0 Å². The summed E-state index contributed by atoms with van der Waals surface area (Å²) in [5.74, 6) is 0. The molecule has 0 bridgehead atoms. The lowest BCUT2D eigenvalue weighted by Gasteiger charge is -1.97. The Morgan fingerprint density at radius 3 is 2.23 bits per heavy atom. The van der Waals surface area contributed by atoms with Crippen molar-refractivity contribution in [2.45, 2.75) is 0 Å². The molecule has 0 fully saturated rings. The molecule has 0 radical (unpaired) electrons. The van der Waals surface area contributed by atoms with Crippen molar-refractivity contribution < 1.29 is 0 Å². The lowest BCUT2D eigenvalue weighted by molar-refractivity contribution is 1.01. The summed E-state index contributed by atoms with van der Waals surface area (Å²) >= 11 is 3.24. The van der Waals surface area contributed by atoms with Gasteiger partial charge in [-0.3, -0.25) is 0 Å². The van der Waals surface area contributed by atoms with Gasteiger partial charge in [-0.25, -0.2) is 0 Å². The van der Waals surface area contributed by atoms with E-state index in [2.05, 4.69) is 26.1 Å². The Hall–Kier alpha value is -1.22. The van der Waals surface area contributed by atoms with Gasteiger partial charge in [0.05, 0.1) is 5.69 Å². The minimum Gasteiger partial charge on any atom is -0.149 e. The van der Waals surface area contributed by atoms with Crippen LogP contribution in [0.3, 0.4) is 0 Å². The van der Waals surface area contributed by atoms with E-state index in [4.69, 9.17) is 0 Å². The summed E-state index contributed by atoms with van der Waals surface area (Å²) in [7, 11) is 0. The lowest BCUT2D eigenvalue weighted by Crippen LogP contribution is -1.86. The number of aromatic nitrogens is 2. The highest BCUT2D eigenvalue weighted by molar-refractivity contribution is 9.10. The molecule has 0 amide bonds. The van der Waals surface area contributed by atoms with E-state index in [1.807, 2.05) is 42.5 Å². The summed E-state index contributed by atoms with van der Waals surface area (Å²) in [6.45, 7) is 0. The van der Waals surface area contributed by atoms with Gasteiger partial charge in [0.2, 0.25) is 0 Å². The van der Waals surface area contributed by atoms with Gasteiger partial charge in [-0.1, -0.05) is 30.3 Å². The van der Waals surface area contributed by atoms with Gasteiger partial charge in [-0.05, 0) is 28.1 Å². The second kappa shape index (κ2) is 3.66. The molecule has 13 heavy (non-hydrogen) atoms. The number of halogens is 1. The maximum atomic E-state index is 4.05. The van der Waals surface area contributed by atoms with Crippen molar-refractivity contribution in [1.82, 2.24) is 10.2 Å². The van der Waals surface area contributed by atoms with E-state index >= 15 is 0 Å². The average Bonchev–Trinajstić information content (AvgIpc) is 2.20. The summed E-state index contributed by atoms with van der Waals surface area (Å²) in [4.78, 5) is 0. The summed E-state index contributed by atoms with van der Waals surface area (Å²) in [5, 5.41) is 7.97. The Morgan fingerprint density at radius 1 is 0.846 bits per heavy atom. The summed E-state index contributed by atoms with van der Waals surface area (Å²) < 4.78 is 0.757. The van der Waals surface area contributed by atoms with Crippen LogP contribution in [0.4, 0.5) is 0 Å². The van der Waals surface area contributed by atoms with Crippen LogP contribution in [0.25, 0.3) is 11.3 Å². The Morgan fingerprint density at radius 2 is 1.62 bits per heavy atom. The van der Waals surface area contributed by atoms with E-state index in [0.717, 1.165) is 15.9 Å². The molecule has 0 aliphatic carbocycles. The van der Waals surface area contributed by atoms with Crippen molar-refractivity contribution >= 4 is 15.9 Å². The molecule has 3 heteroatoms. The predicted molar refractivity (Wildman–Crippen MR) is 55.2 cm³/mol. The zero-order valence-corrected chi connectivity index (χ0v) is 8.40. The van der Waals surface area contributed by atoms with Crippen molar-refractivity contribution in [3.8, 4) is 11.3 Å². The maximum absolute atomic E-state index is 4.05. The fourth-order valence-electron chi connectivity index (χ4n) is 1.08. The molecular formula is C10H7BrN2. The topological polar surface area (TPSA) is 25.8 Å². The molecule has 2 nitrogen and oxygen atoms in total. The number of hydrogen-bond acceptors (Lipinski definition) is 2. The molecule has 0 atom stereocenters. The van der Waals surface area contributed by atoms with Gasteiger partial charge >= 0.3 is 0 Å². The standard InChI is InChI=1S/C10H7BrN2/c11-10-7-6-9(12-13-10)8-4-2-1-3-5-8/h1-7H. The quantitative estimate of drug-likeness (QED) is 0.759. The van der Waals surface area contributed by atoms with E-state index in [1.165, 1.54) is 0 Å². The van der Waals surface area contributed by atoms with Crippen LogP contribution in [0.5, 0.6) is 0 Å². The number of benzene rings is 1. The third kappa shape index (κ3) is 1.92. The lowest BCUT2D eigenvalue weighted by atomic mass is 10.1. The molecule has 0 N–H and O–H groups in total. The smallest absolute Gasteiger partial charge is 0.128 e. The van der Waals surface area contributed by atoms with E-state index in [9.17, 15) is 0 Å². The third-order valence-electron chi connectivity index (χ3n) is 1.70. The molecular weight excluding hydrogens is 228 g/mol. The number of rotatable bonds is 1. The van der Waals surface area contributed by atoms with Crippen LogP contribution in [0, 0.1) is 0 Å². The normalized spacial score (nSPS) is 9.92. The van der Waals surface area contributed by atoms with Crippen LogP contribution in [0.2, 0.25) is 0 Å². The van der Waals surface area contributed by atoms with Crippen LogP contribution >= 0.6 is 15.9 Å². The first-order valence-electron chi connectivity index (χ1n) is 3.91. The van der Waals surface area contributed by atoms with Crippen LogP contribution in [-0.4, -0.2) is 10.2 Å². The molecule has 0 spiro atoms. The Balaban J connectivity index is 2.42. The zero-order chi connectivity index (χ0) is 9.10. The third-order valence-corrected chi connectivity index (χ3v) is 2.12. The molecule has 0 saturated heterocycles. The minimum absolute atomic E-state index is 0.757. The van der Waals surface area contributed by atoms with Gasteiger partial charge in [0.15, 0.2) is 0 Å². The highest BCUT2D eigenvalue weighted by Crippen LogP contribution is 2.16. The zero-order valence-electron chi connectivity index (χ0n) is 6.81. The highest BCUT2D eigenvalue weighted by atomic mass is 79.9. The first kappa shape index (κ1) is 8.38. The Bertz CT molecular complexity index is 383. The van der Waals surface area contributed by atoms with Crippen LogP contribution in [-0.2, 0) is 0 Å². The van der Waals surface area contributed by atoms with E-state index in [0.29, 0.717) is 0 Å². The van der Waals surface area contributed by atoms with E-state index < -0.39 is 0 Å². The van der Waals surface area contributed by atoms with Gasteiger partial charge < -0.3 is 0 Å². The summed E-state index contributed by atoms with van der Waals surface area (Å²) in [6, 6.07) is 13.8. The fourth-order valence-corrected chi connectivity index (χ4v) is 1.29. The summed E-state index contributed by atoms with van der Waals surface area (Å²) in [5.41, 5.74) is 1.98. The fraction of sp³-hybridized carbons (Fsp3) is 0. The van der Waals surface area contributed by atoms with Crippen molar-refractivity contribution in [2.24, 2.45) is 0 Å². The van der Waals surface area contributed by atoms with Gasteiger partial charge in [-0.15, -0.1) is 10.2 Å². The van der Waals surface area contributed by atoms with Crippen molar-refractivity contribution in [2.75, 3.05) is 0 Å². The highest BCUT2D eigenvalue weighted by Gasteiger charge is 1.97. The molecule has 0 unspecified atom stereocenters. The molecule has 64 valence electrons. The molecule has 0 aliphatic rings. The van der Waals surface area contributed by atoms with Gasteiger partial charge in [0, 0.05) is 5.56 Å². The monoisotopic (exact) mass is 234 g/mol. The van der Waals surface area contributed by atoms with E-state index in [1.54, 1.807) is 0 Å². The molecule has 0 saturated carbocycles. The number of nitrogens with zero attached hydrogens (tertiary/aromatic N) is 2. The molecule has 2 aromatic rings. The molecule has 2 rings (SSSR count). The SMILES string of the molecule is Brc1ccc(-c2ccccc2)nn1. The van der Waals surface area contributed by atoms with E-state index in [-0.39, 0.29) is 0 Å². The summed E-state index contributed by atoms with van der Waals surface area (Å²) in [6.07, 6.45) is 0. The molecule has 1 aromatic carbocycles. The van der Waals surface area contributed by atoms with Gasteiger partial charge in [0.1, 0.15) is 4.60 Å². The van der Waals surface area contributed by atoms with Gasteiger partial charge in [-0.2, -0.15) is 0 Å². The average molecular weight is 235 g/mol. The molecule has 0 aliphatic heterocycles. The minimum atomic E-state index is 0.757. The predicted octanol–water partition coefficient (Wildman–Crippen LogP) is 2.91. The van der Waals surface area contributed by atoms with Crippen molar-refractivity contribution in [3.05, 3.63) is 47.1 Å². The van der Waals surface area contributed by atoms with Gasteiger partial charge in [0.25, 0.3) is 0 Å². The second-order valence-corrected chi connectivity index (χ2v) is 3.42. The van der Waals surface area contributed by atoms with Crippen LogP contribution in [0.1, 0.15) is 0 Å². The molecule has 1 aromatic heterocycles. The second-order valence-electron chi connectivity index (χ2n) is 2.61. The number of hydrogen-bond donors (Lipinski definition) is 0. The first-order valence-corrected chi connectivity index (χ1v) is 4.70. The van der Waals surface area contributed by atoms with Crippen LogP contribution in [0.15, 0.2) is 47.1 Å². The van der Waals surface area contributed by atoms with Crippen molar-refractivity contribution in [3.63, 3.8) is 0 Å². The Labute approximate surface area is 84.8 Å².